The zero-order valence-corrected chi connectivity index (χ0v) is 14.9. The van der Waals surface area contributed by atoms with Gasteiger partial charge in [-0.05, 0) is 25.0 Å². The number of nitrogens with zero attached hydrogens (tertiary/aromatic N) is 2. The van der Waals surface area contributed by atoms with E-state index in [-0.39, 0.29) is 5.69 Å². The topological polar surface area (TPSA) is 45.2 Å². The lowest BCUT2D eigenvalue weighted by molar-refractivity contribution is 0.102. The van der Waals surface area contributed by atoms with Gasteiger partial charge in [0.15, 0.2) is 0 Å². The third-order valence-electron chi connectivity index (χ3n) is 4.43. The Hall–Kier alpha value is -2.73. The first-order valence-electron chi connectivity index (χ1n) is 8.58. The Morgan fingerprint density at radius 3 is 2.62 bits per heavy atom. The Bertz CT molecular complexity index is 920. The van der Waals surface area contributed by atoms with Crippen molar-refractivity contribution in [3.63, 3.8) is 0 Å². The smallest absolute Gasteiger partial charge is 0.275 e. The lowest BCUT2D eigenvalue weighted by Crippen LogP contribution is -2.22. The Balaban J connectivity index is 1.58. The van der Waals surface area contributed by atoms with Crippen molar-refractivity contribution in [1.82, 2.24) is 4.98 Å². The van der Waals surface area contributed by atoms with Crippen molar-refractivity contribution < 1.29 is 9.18 Å². The first-order chi connectivity index (χ1) is 12.7. The molecule has 1 amide bonds. The molecule has 1 aliphatic heterocycles. The number of thiazole rings is 1. The summed E-state index contributed by atoms with van der Waals surface area (Å²) in [5.41, 5.74) is 2.22. The van der Waals surface area contributed by atoms with Crippen molar-refractivity contribution in [2.45, 2.75) is 12.8 Å². The molecule has 1 N–H and O–H groups in total. The summed E-state index contributed by atoms with van der Waals surface area (Å²) in [7, 11) is 0. The molecule has 0 bridgehead atoms. The standard InChI is InChI=1S/C20H18FN3OS/c21-15-9-6-10-17(24-11-4-5-12-24)18(15)23-19(25)16-13-26-20(22-16)14-7-2-1-3-8-14/h1-3,6-10,13H,4-5,11-12H2,(H,23,25). The first-order valence-corrected chi connectivity index (χ1v) is 9.46. The van der Waals surface area contributed by atoms with Gasteiger partial charge in [-0.1, -0.05) is 36.4 Å². The highest BCUT2D eigenvalue weighted by Gasteiger charge is 2.21. The number of aromatic nitrogens is 1. The van der Waals surface area contributed by atoms with Crippen LogP contribution in [0.2, 0.25) is 0 Å². The molecule has 0 radical (unpaired) electrons. The number of carbonyl (C=O) groups excluding carboxylic acids is 1. The first kappa shape index (κ1) is 16.7. The van der Waals surface area contributed by atoms with Gasteiger partial charge in [-0.2, -0.15) is 0 Å². The van der Waals surface area contributed by atoms with Crippen molar-refractivity contribution in [2.24, 2.45) is 0 Å². The number of rotatable bonds is 4. The highest BCUT2D eigenvalue weighted by atomic mass is 32.1. The molecule has 1 aliphatic rings. The van der Waals surface area contributed by atoms with Gasteiger partial charge < -0.3 is 10.2 Å². The quantitative estimate of drug-likeness (QED) is 0.720. The summed E-state index contributed by atoms with van der Waals surface area (Å²) in [5, 5.41) is 5.20. The highest BCUT2D eigenvalue weighted by molar-refractivity contribution is 7.13. The molecule has 0 saturated carbocycles. The maximum Gasteiger partial charge on any atom is 0.275 e. The van der Waals surface area contributed by atoms with Crippen LogP contribution in [0.3, 0.4) is 0 Å². The maximum atomic E-state index is 14.4. The van der Waals surface area contributed by atoms with Crippen LogP contribution in [-0.4, -0.2) is 24.0 Å². The van der Waals surface area contributed by atoms with E-state index < -0.39 is 11.7 Å². The van der Waals surface area contributed by atoms with E-state index in [1.807, 2.05) is 36.4 Å². The summed E-state index contributed by atoms with van der Waals surface area (Å²) in [6.45, 7) is 1.75. The van der Waals surface area contributed by atoms with E-state index >= 15 is 0 Å². The zero-order chi connectivity index (χ0) is 17.9. The number of benzene rings is 2. The molecular formula is C20H18FN3OS. The number of hydrogen-bond acceptors (Lipinski definition) is 4. The van der Waals surface area contributed by atoms with Crippen LogP contribution >= 0.6 is 11.3 Å². The monoisotopic (exact) mass is 367 g/mol. The van der Waals surface area contributed by atoms with Gasteiger partial charge >= 0.3 is 0 Å². The number of carbonyl (C=O) groups is 1. The second-order valence-electron chi connectivity index (χ2n) is 6.19. The van der Waals surface area contributed by atoms with Gasteiger partial charge in [-0.25, -0.2) is 9.37 Å². The van der Waals surface area contributed by atoms with E-state index in [2.05, 4.69) is 15.2 Å². The molecule has 1 saturated heterocycles. The Kier molecular flexibility index (Phi) is 4.67. The van der Waals surface area contributed by atoms with Crippen LogP contribution in [0.4, 0.5) is 15.8 Å². The third kappa shape index (κ3) is 3.32. The molecule has 0 unspecified atom stereocenters. The van der Waals surface area contributed by atoms with Crippen LogP contribution < -0.4 is 10.2 Å². The van der Waals surface area contributed by atoms with Crippen LogP contribution in [0.15, 0.2) is 53.9 Å². The van der Waals surface area contributed by atoms with Crippen LogP contribution in [0.1, 0.15) is 23.3 Å². The number of nitrogens with one attached hydrogen (secondary N) is 1. The molecule has 4 rings (SSSR count). The predicted octanol–water partition coefficient (Wildman–Crippen LogP) is 4.80. The Morgan fingerprint density at radius 2 is 1.85 bits per heavy atom. The van der Waals surface area contributed by atoms with Gasteiger partial charge in [-0.15, -0.1) is 11.3 Å². The van der Waals surface area contributed by atoms with Crippen LogP contribution in [0.5, 0.6) is 0 Å². The molecule has 1 fully saturated rings. The lowest BCUT2D eigenvalue weighted by Gasteiger charge is -2.21. The molecular weight excluding hydrogens is 349 g/mol. The van der Waals surface area contributed by atoms with E-state index in [4.69, 9.17) is 0 Å². The van der Waals surface area contributed by atoms with Gasteiger partial charge in [-0.3, -0.25) is 4.79 Å². The van der Waals surface area contributed by atoms with E-state index in [9.17, 15) is 9.18 Å². The maximum absolute atomic E-state index is 14.4. The van der Waals surface area contributed by atoms with E-state index in [1.54, 1.807) is 11.4 Å². The minimum absolute atomic E-state index is 0.230. The summed E-state index contributed by atoms with van der Waals surface area (Å²) in [6.07, 6.45) is 2.16. The lowest BCUT2D eigenvalue weighted by atomic mass is 10.2. The van der Waals surface area contributed by atoms with E-state index in [0.717, 1.165) is 42.2 Å². The number of amides is 1. The minimum Gasteiger partial charge on any atom is -0.370 e. The number of para-hydroxylation sites is 1. The summed E-state index contributed by atoms with van der Waals surface area (Å²) in [6, 6.07) is 14.6. The molecule has 4 nitrogen and oxygen atoms in total. The van der Waals surface area contributed by atoms with Crippen molar-refractivity contribution in [2.75, 3.05) is 23.3 Å². The Labute approximate surface area is 155 Å². The van der Waals surface area contributed by atoms with Crippen molar-refractivity contribution in [3.8, 4) is 10.6 Å². The van der Waals surface area contributed by atoms with Gasteiger partial charge in [0.25, 0.3) is 5.91 Å². The second kappa shape index (κ2) is 7.25. The zero-order valence-electron chi connectivity index (χ0n) is 14.1. The molecule has 132 valence electrons. The van der Waals surface area contributed by atoms with Crippen LogP contribution in [0.25, 0.3) is 10.6 Å². The van der Waals surface area contributed by atoms with Gasteiger partial charge in [0.2, 0.25) is 0 Å². The van der Waals surface area contributed by atoms with Gasteiger partial charge in [0, 0.05) is 24.0 Å². The number of halogens is 1. The summed E-state index contributed by atoms with van der Waals surface area (Å²) >= 11 is 1.40. The molecule has 0 atom stereocenters. The molecule has 0 aliphatic carbocycles. The molecule has 0 spiro atoms. The SMILES string of the molecule is O=C(Nc1c(F)cccc1N1CCCC1)c1csc(-c2ccccc2)n1. The third-order valence-corrected chi connectivity index (χ3v) is 5.33. The highest BCUT2D eigenvalue weighted by Crippen LogP contribution is 2.32. The van der Waals surface area contributed by atoms with Gasteiger partial charge in [0.05, 0.1) is 5.69 Å². The van der Waals surface area contributed by atoms with E-state index in [0.29, 0.717) is 5.69 Å². The normalized spacial score (nSPS) is 13.8. The fourth-order valence-corrected chi connectivity index (χ4v) is 3.93. The molecule has 2 heterocycles. The fourth-order valence-electron chi connectivity index (χ4n) is 3.13. The minimum atomic E-state index is -0.429. The molecule has 2 aromatic carbocycles. The summed E-state index contributed by atoms with van der Waals surface area (Å²) in [4.78, 5) is 19.1. The van der Waals surface area contributed by atoms with E-state index in [1.165, 1.54) is 17.4 Å². The fraction of sp³-hybridized carbons (Fsp3) is 0.200. The average molecular weight is 367 g/mol. The Morgan fingerprint density at radius 1 is 1.08 bits per heavy atom. The van der Waals surface area contributed by atoms with Crippen molar-refractivity contribution >= 4 is 28.6 Å². The second-order valence-corrected chi connectivity index (χ2v) is 7.04. The molecule has 26 heavy (non-hydrogen) atoms. The summed E-state index contributed by atoms with van der Waals surface area (Å²) in [5.74, 6) is -0.824. The predicted molar refractivity (Wildman–Crippen MR) is 103 cm³/mol. The number of hydrogen-bond donors (Lipinski definition) is 1. The van der Waals surface area contributed by atoms with Crippen LogP contribution in [-0.2, 0) is 0 Å². The number of anilines is 2. The summed E-state index contributed by atoms with van der Waals surface area (Å²) < 4.78 is 14.4. The van der Waals surface area contributed by atoms with Crippen molar-refractivity contribution in [3.05, 3.63) is 65.4 Å². The largest absolute Gasteiger partial charge is 0.370 e. The molecule has 6 heteroatoms. The van der Waals surface area contributed by atoms with Crippen LogP contribution in [0, 0.1) is 5.82 Å². The average Bonchev–Trinajstić information content (AvgIpc) is 3.36. The van der Waals surface area contributed by atoms with Gasteiger partial charge in [0.1, 0.15) is 22.2 Å². The molecule has 3 aromatic rings. The van der Waals surface area contributed by atoms with Crippen molar-refractivity contribution in [1.29, 1.82) is 0 Å². The molecule has 1 aromatic heterocycles.